The van der Waals surface area contributed by atoms with E-state index in [9.17, 15) is 4.79 Å². The van der Waals surface area contributed by atoms with Gasteiger partial charge >= 0.3 is 0 Å². The molecule has 0 spiro atoms. The predicted molar refractivity (Wildman–Crippen MR) is 87.0 cm³/mol. The van der Waals surface area contributed by atoms with Gasteiger partial charge in [-0.05, 0) is 50.1 Å². The number of hydrogen-bond acceptors (Lipinski definition) is 2. The minimum atomic E-state index is -0.0872. The minimum absolute atomic E-state index is 0.0872. The highest BCUT2D eigenvalue weighted by Crippen LogP contribution is 2.27. The predicted octanol–water partition coefficient (Wildman–Crippen LogP) is 5.20. The first kappa shape index (κ1) is 15.0. The maximum Gasteiger partial charge on any atom is 0.255 e. The van der Waals surface area contributed by atoms with E-state index >= 15 is 0 Å². The van der Waals surface area contributed by atoms with Crippen molar-refractivity contribution in [1.29, 1.82) is 0 Å². The van der Waals surface area contributed by atoms with Crippen molar-refractivity contribution in [2.75, 3.05) is 7.05 Å². The molecule has 0 fully saturated rings. The molecule has 2 rings (SSSR count). The van der Waals surface area contributed by atoms with Crippen LogP contribution in [0.3, 0.4) is 0 Å². The fourth-order valence-corrected chi connectivity index (χ4v) is 3.69. The van der Waals surface area contributed by atoms with E-state index in [2.05, 4.69) is 31.9 Å². The van der Waals surface area contributed by atoms with Crippen molar-refractivity contribution in [3.05, 3.63) is 54.1 Å². The van der Waals surface area contributed by atoms with E-state index < -0.39 is 0 Å². The topological polar surface area (TPSA) is 20.3 Å². The summed E-state index contributed by atoms with van der Waals surface area (Å²) >= 11 is 14.5. The van der Waals surface area contributed by atoms with E-state index in [1.807, 2.05) is 17.5 Å². The van der Waals surface area contributed by atoms with E-state index in [0.29, 0.717) is 17.1 Å². The molecule has 0 atom stereocenters. The molecule has 1 heterocycles. The SMILES string of the molecule is CN(Cc1cc(Br)cs1)C(=O)c1cccc(Br)c1Cl. The van der Waals surface area contributed by atoms with Crippen molar-refractivity contribution in [3.8, 4) is 0 Å². The second-order valence-electron chi connectivity index (χ2n) is 3.99. The summed E-state index contributed by atoms with van der Waals surface area (Å²) in [4.78, 5) is 15.1. The lowest BCUT2D eigenvalue weighted by Gasteiger charge is -2.17. The molecule has 0 aliphatic carbocycles. The Morgan fingerprint density at radius 1 is 1.42 bits per heavy atom. The first-order valence-corrected chi connectivity index (χ1v) is 8.26. The van der Waals surface area contributed by atoms with Gasteiger partial charge in [-0.15, -0.1) is 11.3 Å². The highest BCUT2D eigenvalue weighted by atomic mass is 79.9. The molecule has 19 heavy (non-hydrogen) atoms. The third-order valence-electron chi connectivity index (χ3n) is 2.54. The minimum Gasteiger partial charge on any atom is -0.337 e. The highest BCUT2D eigenvalue weighted by Gasteiger charge is 2.17. The van der Waals surface area contributed by atoms with Crippen LogP contribution in [0.5, 0.6) is 0 Å². The second-order valence-corrected chi connectivity index (χ2v) is 7.14. The van der Waals surface area contributed by atoms with Crippen molar-refractivity contribution in [3.63, 3.8) is 0 Å². The zero-order chi connectivity index (χ0) is 14.0. The van der Waals surface area contributed by atoms with Crippen LogP contribution in [0, 0.1) is 0 Å². The molecule has 1 amide bonds. The van der Waals surface area contributed by atoms with Gasteiger partial charge in [-0.2, -0.15) is 0 Å². The number of amides is 1. The third-order valence-corrected chi connectivity index (χ3v) is 5.52. The Balaban J connectivity index is 2.17. The lowest BCUT2D eigenvalue weighted by atomic mass is 10.2. The summed E-state index contributed by atoms with van der Waals surface area (Å²) in [6, 6.07) is 7.36. The van der Waals surface area contributed by atoms with Gasteiger partial charge in [0.25, 0.3) is 5.91 Å². The van der Waals surface area contributed by atoms with Crippen LogP contribution in [0.25, 0.3) is 0 Å². The van der Waals surface area contributed by atoms with Gasteiger partial charge in [0.1, 0.15) is 0 Å². The normalized spacial score (nSPS) is 10.5. The maximum absolute atomic E-state index is 12.3. The van der Waals surface area contributed by atoms with Gasteiger partial charge in [0, 0.05) is 26.3 Å². The average molecular weight is 424 g/mol. The standard InChI is InChI=1S/C13H10Br2ClNOS/c1-17(6-9-5-8(14)7-19-9)13(18)10-3-2-4-11(15)12(10)16/h2-5,7H,6H2,1H3. The molecule has 0 aliphatic heterocycles. The van der Waals surface area contributed by atoms with Crippen LogP contribution in [-0.2, 0) is 6.54 Å². The molecule has 0 saturated carbocycles. The number of hydrogen-bond donors (Lipinski definition) is 0. The molecule has 1 aromatic heterocycles. The van der Waals surface area contributed by atoms with Gasteiger partial charge in [-0.3, -0.25) is 4.79 Å². The number of benzene rings is 1. The summed E-state index contributed by atoms with van der Waals surface area (Å²) in [5.74, 6) is -0.0872. The summed E-state index contributed by atoms with van der Waals surface area (Å²) in [5, 5.41) is 2.45. The molecular formula is C13H10Br2ClNOS. The smallest absolute Gasteiger partial charge is 0.255 e. The molecule has 100 valence electrons. The monoisotopic (exact) mass is 421 g/mol. The van der Waals surface area contributed by atoms with Crippen molar-refractivity contribution >= 4 is 60.7 Å². The zero-order valence-corrected chi connectivity index (χ0v) is 14.7. The molecule has 2 nitrogen and oxygen atoms in total. The number of halogens is 3. The Hall–Kier alpha value is -0.360. The summed E-state index contributed by atoms with van der Waals surface area (Å²) in [6.45, 7) is 0.567. The van der Waals surface area contributed by atoms with Crippen LogP contribution in [0.4, 0.5) is 0 Å². The lowest BCUT2D eigenvalue weighted by Crippen LogP contribution is -2.26. The van der Waals surface area contributed by atoms with Gasteiger partial charge in [0.15, 0.2) is 0 Å². The highest BCUT2D eigenvalue weighted by molar-refractivity contribution is 9.10. The fraction of sp³-hybridized carbons (Fsp3) is 0.154. The Morgan fingerprint density at radius 3 is 2.79 bits per heavy atom. The number of thiophene rings is 1. The first-order valence-electron chi connectivity index (χ1n) is 5.41. The number of nitrogens with zero attached hydrogens (tertiary/aromatic N) is 1. The fourth-order valence-electron chi connectivity index (χ4n) is 1.62. The number of carbonyl (C=O) groups is 1. The van der Waals surface area contributed by atoms with Crippen LogP contribution >= 0.6 is 54.8 Å². The van der Waals surface area contributed by atoms with Crippen molar-refractivity contribution < 1.29 is 4.79 Å². The molecule has 0 aliphatic rings. The van der Waals surface area contributed by atoms with Crippen LogP contribution in [0.1, 0.15) is 15.2 Å². The van der Waals surface area contributed by atoms with E-state index in [1.165, 1.54) is 0 Å². The van der Waals surface area contributed by atoms with Crippen LogP contribution in [0.2, 0.25) is 5.02 Å². The van der Waals surface area contributed by atoms with Gasteiger partial charge < -0.3 is 4.90 Å². The Morgan fingerprint density at radius 2 is 2.16 bits per heavy atom. The molecule has 0 saturated heterocycles. The van der Waals surface area contributed by atoms with Crippen LogP contribution < -0.4 is 0 Å². The van der Waals surface area contributed by atoms with Gasteiger partial charge in [0.2, 0.25) is 0 Å². The van der Waals surface area contributed by atoms with Crippen LogP contribution in [-0.4, -0.2) is 17.9 Å². The van der Waals surface area contributed by atoms with E-state index in [-0.39, 0.29) is 5.91 Å². The molecule has 6 heteroatoms. The maximum atomic E-state index is 12.3. The third kappa shape index (κ3) is 3.60. The molecule has 0 N–H and O–H groups in total. The number of carbonyl (C=O) groups excluding carboxylic acids is 1. The van der Waals surface area contributed by atoms with Crippen molar-refractivity contribution in [2.45, 2.75) is 6.54 Å². The summed E-state index contributed by atoms with van der Waals surface area (Å²) in [7, 11) is 1.77. The Kier molecular flexibility index (Phi) is 5.06. The molecule has 1 aromatic carbocycles. The quantitative estimate of drug-likeness (QED) is 0.665. The Labute approximate surface area is 137 Å². The second kappa shape index (κ2) is 6.39. The average Bonchev–Trinajstić information content (AvgIpc) is 2.77. The lowest BCUT2D eigenvalue weighted by molar-refractivity contribution is 0.0786. The van der Waals surface area contributed by atoms with Crippen molar-refractivity contribution in [1.82, 2.24) is 4.90 Å². The summed E-state index contributed by atoms with van der Waals surface area (Å²) in [5.41, 5.74) is 0.508. The molecule has 0 unspecified atom stereocenters. The van der Waals surface area contributed by atoms with Crippen molar-refractivity contribution in [2.24, 2.45) is 0 Å². The zero-order valence-electron chi connectivity index (χ0n) is 9.99. The molecule has 0 radical (unpaired) electrons. The van der Waals surface area contributed by atoms with Gasteiger partial charge in [-0.1, -0.05) is 17.7 Å². The number of rotatable bonds is 3. The van der Waals surface area contributed by atoms with E-state index in [4.69, 9.17) is 11.6 Å². The molecular weight excluding hydrogens is 413 g/mol. The first-order chi connectivity index (χ1) is 8.99. The Bertz CT molecular complexity index is 614. The van der Waals surface area contributed by atoms with Gasteiger partial charge in [-0.25, -0.2) is 0 Å². The largest absolute Gasteiger partial charge is 0.337 e. The molecule has 2 aromatic rings. The van der Waals surface area contributed by atoms with Gasteiger partial charge in [0.05, 0.1) is 17.1 Å². The van der Waals surface area contributed by atoms with E-state index in [1.54, 1.807) is 35.4 Å². The summed E-state index contributed by atoms with van der Waals surface area (Å²) < 4.78 is 1.76. The van der Waals surface area contributed by atoms with E-state index in [0.717, 1.165) is 13.8 Å². The molecule has 0 bridgehead atoms. The summed E-state index contributed by atoms with van der Waals surface area (Å²) in [6.07, 6.45) is 0. The van der Waals surface area contributed by atoms with Crippen LogP contribution in [0.15, 0.2) is 38.6 Å².